The summed E-state index contributed by atoms with van der Waals surface area (Å²) in [5, 5.41) is 20.2. The van der Waals surface area contributed by atoms with Gasteiger partial charge in [0.1, 0.15) is 35.7 Å². The molecule has 2 aliphatic rings. The second-order valence-electron chi connectivity index (χ2n) is 9.80. The summed E-state index contributed by atoms with van der Waals surface area (Å²) in [6.07, 6.45) is 0.521. The Hall–Kier alpha value is -3.51. The number of aromatic hydroxyl groups is 2. The predicted molar refractivity (Wildman–Crippen MR) is 139 cm³/mol. The molecule has 2 aliphatic heterocycles. The first-order valence-electron chi connectivity index (χ1n) is 12.5. The summed E-state index contributed by atoms with van der Waals surface area (Å²) in [6, 6.07) is 20.4. The Morgan fingerprint density at radius 2 is 1.83 bits per heavy atom. The molecular formula is C30H32FNO4. The van der Waals surface area contributed by atoms with Gasteiger partial charge in [-0.2, -0.15) is 0 Å². The van der Waals surface area contributed by atoms with Crippen LogP contribution < -0.4 is 9.47 Å². The van der Waals surface area contributed by atoms with Gasteiger partial charge in [-0.15, -0.1) is 0 Å². The zero-order valence-electron chi connectivity index (χ0n) is 20.7. The van der Waals surface area contributed by atoms with Crippen molar-refractivity contribution in [3.8, 4) is 23.0 Å². The van der Waals surface area contributed by atoms with Crippen molar-refractivity contribution in [1.82, 2.24) is 4.90 Å². The van der Waals surface area contributed by atoms with E-state index in [1.165, 1.54) is 0 Å². The lowest BCUT2D eigenvalue weighted by Gasteiger charge is -2.31. The molecule has 1 saturated heterocycles. The number of hydrogen-bond donors (Lipinski definition) is 2. The van der Waals surface area contributed by atoms with Gasteiger partial charge in [0, 0.05) is 29.6 Å². The second kappa shape index (κ2) is 10.2. The molecular weight excluding hydrogens is 457 g/mol. The van der Waals surface area contributed by atoms with E-state index < -0.39 is 0 Å². The molecule has 0 radical (unpaired) electrons. The molecule has 5 nitrogen and oxygen atoms in total. The quantitative estimate of drug-likeness (QED) is 0.413. The van der Waals surface area contributed by atoms with E-state index in [1.807, 2.05) is 43.3 Å². The summed E-state index contributed by atoms with van der Waals surface area (Å²) in [5.41, 5.74) is 4.56. The SMILES string of the molecule is CC1=C(c2cccc(O)c2)C(c2ccc(OC[C@H](C)N3CCC(CF)C3)cc2)Oc2ccc(O)cc21. The molecule has 36 heavy (non-hydrogen) atoms. The van der Waals surface area contributed by atoms with Crippen LogP contribution >= 0.6 is 0 Å². The number of phenols is 2. The number of hydrogen-bond acceptors (Lipinski definition) is 5. The van der Waals surface area contributed by atoms with E-state index in [9.17, 15) is 14.6 Å². The van der Waals surface area contributed by atoms with Crippen LogP contribution in [0.5, 0.6) is 23.0 Å². The van der Waals surface area contributed by atoms with E-state index in [0.717, 1.165) is 53.1 Å². The summed E-state index contributed by atoms with van der Waals surface area (Å²) >= 11 is 0. The van der Waals surface area contributed by atoms with Gasteiger partial charge in [0.05, 0.1) is 6.67 Å². The summed E-state index contributed by atoms with van der Waals surface area (Å²) < 4.78 is 25.5. The number of likely N-dealkylation sites (tertiary alicyclic amines) is 1. The lowest BCUT2D eigenvalue weighted by atomic mass is 9.86. The minimum absolute atomic E-state index is 0.147. The highest BCUT2D eigenvalue weighted by Gasteiger charge is 2.30. The first-order chi connectivity index (χ1) is 17.4. The summed E-state index contributed by atoms with van der Waals surface area (Å²) in [4.78, 5) is 2.29. The van der Waals surface area contributed by atoms with Gasteiger partial charge >= 0.3 is 0 Å². The van der Waals surface area contributed by atoms with Crippen LogP contribution in [0.3, 0.4) is 0 Å². The molecule has 5 rings (SSSR count). The summed E-state index contributed by atoms with van der Waals surface area (Å²) in [6.45, 7) is 6.14. The number of benzene rings is 3. The largest absolute Gasteiger partial charge is 0.508 e. The molecule has 2 unspecified atom stereocenters. The van der Waals surface area contributed by atoms with Crippen LogP contribution in [0.1, 0.15) is 43.1 Å². The van der Waals surface area contributed by atoms with Gasteiger partial charge in [-0.05, 0) is 86.0 Å². The molecule has 6 heteroatoms. The van der Waals surface area contributed by atoms with Crippen molar-refractivity contribution in [3.05, 3.63) is 83.4 Å². The van der Waals surface area contributed by atoms with Gasteiger partial charge in [-0.3, -0.25) is 9.29 Å². The smallest absolute Gasteiger partial charge is 0.150 e. The van der Waals surface area contributed by atoms with Crippen molar-refractivity contribution in [2.45, 2.75) is 32.4 Å². The lowest BCUT2D eigenvalue weighted by Crippen LogP contribution is -2.35. The second-order valence-corrected chi connectivity index (χ2v) is 9.80. The molecule has 3 atom stereocenters. The molecule has 188 valence electrons. The van der Waals surface area contributed by atoms with E-state index in [-0.39, 0.29) is 36.2 Å². The molecule has 0 aliphatic carbocycles. The maximum Gasteiger partial charge on any atom is 0.150 e. The van der Waals surface area contributed by atoms with Crippen molar-refractivity contribution < 1.29 is 24.1 Å². The average molecular weight is 490 g/mol. The summed E-state index contributed by atoms with van der Waals surface area (Å²) in [5.74, 6) is 1.98. The Morgan fingerprint density at radius 1 is 1.06 bits per heavy atom. The fourth-order valence-electron chi connectivity index (χ4n) is 5.17. The van der Waals surface area contributed by atoms with Crippen LogP contribution in [0, 0.1) is 5.92 Å². The predicted octanol–water partition coefficient (Wildman–Crippen LogP) is 6.22. The molecule has 3 aromatic carbocycles. The lowest BCUT2D eigenvalue weighted by molar-refractivity contribution is 0.165. The fraction of sp³-hybridized carbons (Fsp3) is 0.333. The van der Waals surface area contributed by atoms with Crippen molar-refractivity contribution in [2.75, 3.05) is 26.4 Å². The number of fused-ring (bicyclic) bond motifs is 1. The highest BCUT2D eigenvalue weighted by atomic mass is 19.1. The summed E-state index contributed by atoms with van der Waals surface area (Å²) in [7, 11) is 0. The van der Waals surface area contributed by atoms with Crippen LogP contribution in [0.4, 0.5) is 4.39 Å². The van der Waals surface area contributed by atoms with Crippen LogP contribution in [-0.2, 0) is 0 Å². The third kappa shape index (κ3) is 4.91. The van der Waals surface area contributed by atoms with E-state index in [4.69, 9.17) is 9.47 Å². The topological polar surface area (TPSA) is 62.2 Å². The fourth-order valence-corrected chi connectivity index (χ4v) is 5.17. The van der Waals surface area contributed by atoms with Crippen LogP contribution in [0.15, 0.2) is 66.7 Å². The average Bonchev–Trinajstić information content (AvgIpc) is 3.37. The van der Waals surface area contributed by atoms with E-state index in [1.54, 1.807) is 30.3 Å². The van der Waals surface area contributed by atoms with E-state index >= 15 is 0 Å². The maximum atomic E-state index is 13.0. The highest BCUT2D eigenvalue weighted by molar-refractivity contribution is 5.95. The number of allylic oxidation sites excluding steroid dienone is 1. The standard InChI is InChI=1S/C30H32FNO4/c1-19(32-13-12-21(16-31)17-32)18-35-26-9-6-22(7-10-26)30-29(23-4-3-5-24(33)14-23)20(2)27-15-25(34)8-11-28(27)36-30/h3-11,14-15,19,21,30,33-34H,12-13,16-18H2,1-2H3/t19-,21?,30?/m0/s1. The first-order valence-corrected chi connectivity index (χ1v) is 12.5. The molecule has 0 amide bonds. The van der Waals surface area contributed by atoms with Crippen LogP contribution in [-0.4, -0.2) is 47.5 Å². The number of alkyl halides is 1. The monoisotopic (exact) mass is 489 g/mol. The number of halogens is 1. The molecule has 2 heterocycles. The van der Waals surface area contributed by atoms with Crippen molar-refractivity contribution in [2.24, 2.45) is 5.92 Å². The zero-order chi connectivity index (χ0) is 25.2. The van der Waals surface area contributed by atoms with Gasteiger partial charge in [0.2, 0.25) is 0 Å². The number of rotatable bonds is 7. The minimum Gasteiger partial charge on any atom is -0.508 e. The normalized spacial score (nSPS) is 20.6. The van der Waals surface area contributed by atoms with Gasteiger partial charge in [-0.1, -0.05) is 24.3 Å². The Kier molecular flexibility index (Phi) is 6.88. The molecule has 1 fully saturated rings. The first kappa shape index (κ1) is 24.2. The molecule has 0 aromatic heterocycles. The minimum atomic E-state index is -0.390. The van der Waals surface area contributed by atoms with Gasteiger partial charge in [0.25, 0.3) is 0 Å². The van der Waals surface area contributed by atoms with Gasteiger partial charge in [0.15, 0.2) is 0 Å². The number of nitrogens with zero attached hydrogens (tertiary/aromatic N) is 1. The Bertz CT molecular complexity index is 1260. The Morgan fingerprint density at radius 3 is 2.56 bits per heavy atom. The maximum absolute atomic E-state index is 13.0. The van der Waals surface area contributed by atoms with Crippen molar-refractivity contribution >= 4 is 11.1 Å². The highest BCUT2D eigenvalue weighted by Crippen LogP contribution is 2.47. The van der Waals surface area contributed by atoms with E-state index in [0.29, 0.717) is 12.4 Å². The molecule has 3 aromatic rings. The molecule has 2 N–H and O–H groups in total. The molecule has 0 saturated carbocycles. The molecule has 0 spiro atoms. The van der Waals surface area contributed by atoms with Crippen molar-refractivity contribution in [3.63, 3.8) is 0 Å². The number of phenolic OH excluding ortho intramolecular Hbond substituents is 2. The Balaban J connectivity index is 1.38. The van der Waals surface area contributed by atoms with Crippen LogP contribution in [0.2, 0.25) is 0 Å². The zero-order valence-corrected chi connectivity index (χ0v) is 20.7. The van der Waals surface area contributed by atoms with Gasteiger partial charge in [-0.25, -0.2) is 0 Å². The third-order valence-corrected chi connectivity index (χ3v) is 7.27. The van der Waals surface area contributed by atoms with Gasteiger partial charge < -0.3 is 19.7 Å². The van der Waals surface area contributed by atoms with E-state index in [2.05, 4.69) is 11.8 Å². The van der Waals surface area contributed by atoms with Crippen LogP contribution in [0.25, 0.3) is 11.1 Å². The third-order valence-electron chi connectivity index (χ3n) is 7.27. The van der Waals surface area contributed by atoms with Crippen molar-refractivity contribution in [1.29, 1.82) is 0 Å². The Labute approximate surface area is 211 Å². The number of ether oxygens (including phenoxy) is 2. The molecule has 0 bridgehead atoms.